The van der Waals surface area contributed by atoms with Crippen molar-refractivity contribution in [1.82, 2.24) is 13.9 Å². The summed E-state index contributed by atoms with van der Waals surface area (Å²) in [5, 5.41) is 41.9. The van der Waals surface area contributed by atoms with Gasteiger partial charge in [0.05, 0.1) is 68.1 Å². The van der Waals surface area contributed by atoms with E-state index in [1.165, 1.54) is 105 Å². The van der Waals surface area contributed by atoms with E-state index < -0.39 is 50.4 Å². The first kappa shape index (κ1) is 94.3. The summed E-state index contributed by atoms with van der Waals surface area (Å²) >= 11 is 7.64. The number of esters is 3. The third-order valence-corrected chi connectivity index (χ3v) is 28.5. The van der Waals surface area contributed by atoms with Gasteiger partial charge >= 0.3 is 39.2 Å². The topological polar surface area (TPSA) is 349 Å². The lowest BCUT2D eigenvalue weighted by Gasteiger charge is -2.30. The zero-order chi connectivity index (χ0) is 80.2. The first-order valence-electron chi connectivity index (χ1n) is 34.6. The van der Waals surface area contributed by atoms with Crippen molar-refractivity contribution >= 4 is 209 Å². The number of aliphatic carboxylic acids is 2. The van der Waals surface area contributed by atoms with Gasteiger partial charge in [-0.25, -0.2) is 25.3 Å². The molecule has 0 saturated carbocycles. The molecule has 0 spiro atoms. The average molecular weight is 1750 g/mol. The third kappa shape index (κ3) is 28.7. The molecule has 5 aromatic carbocycles. The Morgan fingerprint density at radius 1 is 0.427 bits per heavy atom. The summed E-state index contributed by atoms with van der Waals surface area (Å²) < 4.78 is 122. The third-order valence-electron chi connectivity index (χ3n) is 18.3. The van der Waals surface area contributed by atoms with Crippen LogP contribution in [0.25, 0.3) is 50.4 Å². The van der Waals surface area contributed by atoms with E-state index in [2.05, 4.69) is 52.3 Å². The second kappa shape index (κ2) is 45.6. The second-order valence-electron chi connectivity index (χ2n) is 25.1. The number of methoxy groups -OCH3 is 3. The van der Waals surface area contributed by atoms with E-state index in [0.717, 1.165) is 114 Å². The van der Waals surface area contributed by atoms with Crippen molar-refractivity contribution in [2.75, 3.05) is 67.7 Å². The largest absolute Gasteiger partial charge is 0.481 e. The second-order valence-corrected chi connectivity index (χ2v) is 38.1. The van der Waals surface area contributed by atoms with Gasteiger partial charge in [0.25, 0.3) is 9.05 Å². The number of sulfonamides is 2. The molecule has 13 rings (SSSR count). The summed E-state index contributed by atoms with van der Waals surface area (Å²) in [6.07, 6.45) is 10.7. The zero-order valence-electron chi connectivity index (χ0n) is 61.6. The molecular weight excluding hydrogens is 1660 g/mol. The normalized spacial score (nSPS) is 14.4. The van der Waals surface area contributed by atoms with E-state index in [1.807, 2.05) is 70.1 Å². The summed E-state index contributed by atoms with van der Waals surface area (Å²) in [5.41, 5.74) is 4.19. The van der Waals surface area contributed by atoms with Crippen LogP contribution < -0.4 is 5.32 Å². The molecule has 3 aliphatic rings. The number of carbonyl (C=O) groups is 5. The van der Waals surface area contributed by atoms with Gasteiger partial charge in [0.15, 0.2) is 0 Å². The van der Waals surface area contributed by atoms with Crippen molar-refractivity contribution < 1.29 is 91.7 Å². The molecule has 0 atom stereocenters. The molecule has 0 bridgehead atoms. The minimum atomic E-state index is -4.19. The van der Waals surface area contributed by atoms with Crippen molar-refractivity contribution in [2.45, 2.75) is 125 Å². The molecule has 10 aromatic rings. The van der Waals surface area contributed by atoms with Gasteiger partial charge < -0.3 is 34.8 Å². The van der Waals surface area contributed by atoms with E-state index in [-0.39, 0.29) is 65.8 Å². The van der Waals surface area contributed by atoms with Crippen LogP contribution in [0.15, 0.2) is 145 Å². The highest BCUT2D eigenvalue weighted by atomic mass is 35.7. The number of carbonyl (C=O) groups excluding carboxylic acids is 3. The number of benzene rings is 5. The number of piperidine rings is 3. The van der Waals surface area contributed by atoms with Crippen LogP contribution in [0.3, 0.4) is 0 Å². The van der Waals surface area contributed by atoms with Gasteiger partial charge in [-0.1, -0.05) is 76.4 Å². The fourth-order valence-corrected chi connectivity index (χ4v) is 20.6. The number of nitrogens with zero attached hydrogens (tertiary/aromatic N) is 2. The SMILES string of the molecule is CCC1CCN(S(=O)(=O)c2ccc3scc(CC(=O)O)c3c2)CC1.CCC1CCN(S(=O)(=O)c2ccc3scc(CC(=O)OC)c3c2)CC1.CCC1CCNCC1.CO.COC(=O)Cc1csc2ccc(S(=O)(=O)Cl)cc12.COC(=O)Cc1csc2ccccc12.Cl.O=C(O)Cc1csc2ccccc12.O=S(=O)(O)Cl. The number of ether oxygens (including phenoxy) is 3. The van der Waals surface area contributed by atoms with Gasteiger partial charge in [-0.3, -0.25) is 28.5 Å². The number of nitrogens with one attached hydrogen (secondary N) is 1. The molecule has 3 aliphatic heterocycles. The van der Waals surface area contributed by atoms with Crippen LogP contribution in [0, 0.1) is 17.8 Å². The number of hydrogen-bond acceptors (Lipinski definition) is 23. The molecule has 0 radical (unpaired) electrons. The zero-order valence-corrected chi connectivity index (χ0v) is 71.3. The number of thiophene rings is 5. The highest BCUT2D eigenvalue weighted by Crippen LogP contribution is 2.36. The van der Waals surface area contributed by atoms with E-state index in [4.69, 9.17) is 43.7 Å². The van der Waals surface area contributed by atoms with Crippen molar-refractivity contribution in [1.29, 1.82) is 0 Å². The molecule has 23 nitrogen and oxygen atoms in total. The first-order valence-corrected chi connectivity index (χ1v) is 46.5. The summed E-state index contributed by atoms with van der Waals surface area (Å²) in [7, 11) is -0.535. The quantitative estimate of drug-likeness (QED) is 0.0230. The van der Waals surface area contributed by atoms with Crippen molar-refractivity contribution in [3.05, 3.63) is 158 Å². The standard InChI is InChI=1S/C18H23NO4S2.C17H21NO4S2.C11H9ClO4S2.C11H10O2S.C10H8O2S.C7H15N.CH4O.ClHO3S.ClH/c1-3-13-6-8-19(9-7-13)25(21,22)15-4-5-17-16(11-15)14(12-24-17)10-18(20)23-2;1-2-12-5-7-18(8-6-12)24(21,22)14-3-4-16-15(10-14)13(11-23-16)9-17(19)20;1-16-11(13)4-7-6-17-10-3-2-8(5-9(7)10)18(12,14)15;1-13-11(12)6-8-7-14-10-5-3-2-4-9(8)10;11-10(12)5-7-6-13-9-4-2-1-3-8(7)9;1-2-7-3-5-8-6-4-7;1-2;1-5(2,3)4;/h4-5,11-13H,3,6-10H2,1-2H3;3-4,10-12H,2,5-9H2,1H3,(H,19,20);2-3,5-6H,4H2,1H3;2-5,7H,6H2,1H3;1-4,6H,5H2,(H,11,12);7-8H,2-6H2,1H3;2H,1H3;(H,2,3,4);1H. The van der Waals surface area contributed by atoms with Crippen molar-refractivity contribution in [3.8, 4) is 0 Å². The smallest absolute Gasteiger partial charge is 0.353 e. The Morgan fingerprint density at radius 3 is 0.982 bits per heavy atom. The Balaban J connectivity index is 0.000000238. The number of aliphatic hydroxyl groups is 1. The van der Waals surface area contributed by atoms with Crippen LogP contribution >= 0.6 is 90.5 Å². The van der Waals surface area contributed by atoms with Gasteiger partial charge in [-0.15, -0.1) is 69.1 Å². The number of carboxylic acids is 2. The molecule has 8 heterocycles. The van der Waals surface area contributed by atoms with Gasteiger partial charge in [0.1, 0.15) is 0 Å². The number of halogens is 3. The number of aliphatic hydroxyl groups excluding tert-OH is 1. The fraction of sp³-hybridized carbons (Fsp3) is 0.400. The summed E-state index contributed by atoms with van der Waals surface area (Å²) in [6.45, 7) is 11.4. The maximum atomic E-state index is 13.0. The molecule has 35 heteroatoms. The van der Waals surface area contributed by atoms with Crippen LogP contribution in [0.4, 0.5) is 0 Å². The van der Waals surface area contributed by atoms with Crippen LogP contribution in [-0.4, -0.2) is 160 Å². The fourth-order valence-electron chi connectivity index (χ4n) is 12.1. The van der Waals surface area contributed by atoms with E-state index in [1.54, 1.807) is 73.1 Å². The van der Waals surface area contributed by atoms with Gasteiger partial charge in [-0.2, -0.15) is 17.0 Å². The summed E-state index contributed by atoms with van der Waals surface area (Å²) in [4.78, 5) is 56.0. The average Bonchev–Trinajstić information content (AvgIpc) is 1.44. The Bertz CT molecular complexity index is 5130. The molecule has 0 amide bonds. The number of rotatable bonds is 18. The highest BCUT2D eigenvalue weighted by molar-refractivity contribution is 8.13. The maximum absolute atomic E-state index is 13.0. The Hall–Kier alpha value is -6.28. The van der Waals surface area contributed by atoms with Crippen LogP contribution in [0.1, 0.15) is 106 Å². The minimum Gasteiger partial charge on any atom is -0.481 e. The molecular formula is C75H92Cl3N3O20S9. The van der Waals surface area contributed by atoms with Crippen molar-refractivity contribution in [2.24, 2.45) is 17.8 Å². The molecule has 0 unspecified atom stereocenters. The monoisotopic (exact) mass is 1750 g/mol. The van der Waals surface area contributed by atoms with E-state index >= 15 is 0 Å². The molecule has 3 fully saturated rings. The molecule has 5 N–H and O–H groups in total. The van der Waals surface area contributed by atoms with Crippen LogP contribution in [0.2, 0.25) is 0 Å². The number of fused-ring (bicyclic) bond motifs is 5. The van der Waals surface area contributed by atoms with Gasteiger partial charge in [0.2, 0.25) is 20.0 Å². The summed E-state index contributed by atoms with van der Waals surface area (Å²) in [6, 6.07) is 30.8. The summed E-state index contributed by atoms with van der Waals surface area (Å²) in [5.74, 6) is -0.308. The Labute approximate surface area is 677 Å². The molecule has 110 heavy (non-hydrogen) atoms. The highest BCUT2D eigenvalue weighted by Gasteiger charge is 2.31. The number of carboxylic acid groups (broad SMARTS) is 2. The molecule has 5 aromatic heterocycles. The molecule has 602 valence electrons. The Morgan fingerprint density at radius 2 is 0.691 bits per heavy atom. The van der Waals surface area contributed by atoms with E-state index in [9.17, 15) is 49.2 Å². The Kier molecular flexibility index (Phi) is 39.1. The van der Waals surface area contributed by atoms with Crippen molar-refractivity contribution in [3.63, 3.8) is 0 Å². The van der Waals surface area contributed by atoms with Crippen LogP contribution in [0.5, 0.6) is 0 Å². The van der Waals surface area contributed by atoms with Gasteiger partial charge in [-0.05, 0) is 218 Å². The lowest BCUT2D eigenvalue weighted by molar-refractivity contribution is -0.140. The maximum Gasteiger partial charge on any atom is 0.353 e. The molecule has 0 aliphatic carbocycles. The lowest BCUT2D eigenvalue weighted by Crippen LogP contribution is -2.38. The lowest BCUT2D eigenvalue weighted by atomic mass is 9.96. The minimum absolute atomic E-state index is 0. The molecule has 3 saturated heterocycles. The first-order chi connectivity index (χ1) is 51.8. The predicted octanol–water partition coefficient (Wildman–Crippen LogP) is 15.9. The van der Waals surface area contributed by atoms with Gasteiger partial charge in [0, 0.05) is 78.2 Å². The van der Waals surface area contributed by atoms with E-state index in [0.29, 0.717) is 60.3 Å². The van der Waals surface area contributed by atoms with Crippen LogP contribution in [-0.2, 0) is 109 Å². The number of hydrogen-bond donors (Lipinski definition) is 5. The predicted molar refractivity (Wildman–Crippen MR) is 444 cm³/mol.